The maximum absolute atomic E-state index is 12.4. The Balaban J connectivity index is 1.43. The second-order valence-electron chi connectivity index (χ2n) is 6.65. The number of ether oxygens (including phenoxy) is 2. The van der Waals surface area contributed by atoms with Gasteiger partial charge in [0.15, 0.2) is 0 Å². The van der Waals surface area contributed by atoms with Crippen molar-refractivity contribution in [3.63, 3.8) is 0 Å². The van der Waals surface area contributed by atoms with E-state index >= 15 is 0 Å². The second-order valence-corrected chi connectivity index (χ2v) is 6.65. The molecule has 3 heterocycles. The average Bonchev–Trinajstić information content (AvgIpc) is 3.22. The van der Waals surface area contributed by atoms with E-state index in [9.17, 15) is 4.79 Å². The Morgan fingerprint density at radius 2 is 2.22 bits per heavy atom. The molecule has 0 unspecified atom stereocenters. The number of nitrogens with one attached hydrogen (secondary N) is 1. The first-order valence-electron chi connectivity index (χ1n) is 8.69. The number of carbonyl (C=O) groups excluding carboxylic acids is 1. The van der Waals surface area contributed by atoms with Crippen LogP contribution in [0.5, 0.6) is 0 Å². The Morgan fingerprint density at radius 1 is 1.30 bits per heavy atom. The molecule has 6 nitrogen and oxygen atoms in total. The molecular weight excluding hydrogens is 294 g/mol. The number of amides is 2. The molecule has 3 aliphatic rings. The number of terminal acetylenes is 1. The largest absolute Gasteiger partial charge is 0.376 e. The van der Waals surface area contributed by atoms with Gasteiger partial charge >= 0.3 is 6.03 Å². The van der Waals surface area contributed by atoms with Crippen LogP contribution < -0.4 is 5.32 Å². The Labute approximate surface area is 138 Å². The minimum atomic E-state index is -0.120. The molecule has 3 atom stereocenters. The zero-order chi connectivity index (χ0) is 16.1. The fourth-order valence-corrected chi connectivity index (χ4v) is 3.69. The molecule has 23 heavy (non-hydrogen) atoms. The van der Waals surface area contributed by atoms with Gasteiger partial charge in [-0.25, -0.2) is 4.79 Å². The summed E-state index contributed by atoms with van der Waals surface area (Å²) in [6.07, 6.45) is 10.1. The van der Waals surface area contributed by atoms with Gasteiger partial charge < -0.3 is 19.7 Å². The number of urea groups is 1. The highest BCUT2D eigenvalue weighted by Crippen LogP contribution is 2.22. The van der Waals surface area contributed by atoms with Crippen LogP contribution in [0.3, 0.4) is 0 Å². The van der Waals surface area contributed by atoms with Crippen LogP contribution in [0.1, 0.15) is 25.7 Å². The zero-order valence-electron chi connectivity index (χ0n) is 13.7. The lowest BCUT2D eigenvalue weighted by Gasteiger charge is -2.35. The summed E-state index contributed by atoms with van der Waals surface area (Å²) >= 11 is 0. The molecule has 0 aromatic carbocycles. The summed E-state index contributed by atoms with van der Waals surface area (Å²) in [4.78, 5) is 16.5. The molecule has 0 saturated carbocycles. The molecule has 0 bridgehead atoms. The summed E-state index contributed by atoms with van der Waals surface area (Å²) in [7, 11) is 0. The summed E-state index contributed by atoms with van der Waals surface area (Å²) in [5, 5.41) is 2.98. The molecular formula is C17H27N3O3. The molecule has 0 aliphatic carbocycles. The van der Waals surface area contributed by atoms with E-state index < -0.39 is 0 Å². The highest BCUT2D eigenvalue weighted by Gasteiger charge is 2.32. The number of hydrogen-bond acceptors (Lipinski definition) is 4. The monoisotopic (exact) mass is 321 g/mol. The third kappa shape index (κ3) is 4.37. The predicted molar refractivity (Wildman–Crippen MR) is 87.1 cm³/mol. The molecule has 3 fully saturated rings. The van der Waals surface area contributed by atoms with Crippen LogP contribution in [0.15, 0.2) is 0 Å². The Hall–Kier alpha value is -1.29. The Kier molecular flexibility index (Phi) is 5.76. The molecule has 6 heteroatoms. The second kappa shape index (κ2) is 8.00. The molecule has 0 aromatic rings. The van der Waals surface area contributed by atoms with Crippen molar-refractivity contribution in [1.29, 1.82) is 0 Å². The van der Waals surface area contributed by atoms with Gasteiger partial charge in [0.05, 0.1) is 25.4 Å². The van der Waals surface area contributed by atoms with Gasteiger partial charge in [-0.15, -0.1) is 6.42 Å². The average molecular weight is 321 g/mol. The summed E-state index contributed by atoms with van der Waals surface area (Å²) in [6, 6.07) is 0.463. The van der Waals surface area contributed by atoms with Crippen LogP contribution >= 0.6 is 0 Å². The SMILES string of the molecule is C#CCN(C[C@@H]1CCCO1)C(=O)NC[C@@H]1CN2CCC[C@H]2CO1. The van der Waals surface area contributed by atoms with Crippen LogP contribution in [0.2, 0.25) is 0 Å². The zero-order valence-corrected chi connectivity index (χ0v) is 13.7. The highest BCUT2D eigenvalue weighted by atomic mass is 16.5. The normalized spacial score (nSPS) is 30.7. The van der Waals surface area contributed by atoms with Gasteiger partial charge in [-0.2, -0.15) is 0 Å². The summed E-state index contributed by atoms with van der Waals surface area (Å²) in [5.41, 5.74) is 0. The summed E-state index contributed by atoms with van der Waals surface area (Å²) in [6.45, 7) is 5.04. The lowest BCUT2D eigenvalue weighted by molar-refractivity contribution is -0.0461. The molecule has 3 rings (SSSR count). The predicted octanol–water partition coefficient (Wildman–Crippen LogP) is 0.673. The van der Waals surface area contributed by atoms with Gasteiger partial charge in [0.25, 0.3) is 0 Å². The van der Waals surface area contributed by atoms with E-state index in [1.165, 1.54) is 12.8 Å². The molecule has 0 aromatic heterocycles. The molecule has 3 saturated heterocycles. The van der Waals surface area contributed by atoms with Gasteiger partial charge in [-0.05, 0) is 32.2 Å². The third-order valence-electron chi connectivity index (χ3n) is 4.96. The van der Waals surface area contributed by atoms with E-state index in [0.717, 1.165) is 39.1 Å². The molecule has 0 radical (unpaired) electrons. The van der Waals surface area contributed by atoms with Crippen molar-refractivity contribution in [1.82, 2.24) is 15.1 Å². The molecule has 128 valence electrons. The third-order valence-corrected chi connectivity index (χ3v) is 4.96. The number of carbonyl (C=O) groups is 1. The maximum Gasteiger partial charge on any atom is 0.318 e. The Bertz CT molecular complexity index is 445. The highest BCUT2D eigenvalue weighted by molar-refractivity contribution is 5.74. The molecule has 1 N–H and O–H groups in total. The minimum absolute atomic E-state index is 0.0729. The number of morpholine rings is 1. The van der Waals surface area contributed by atoms with Crippen LogP contribution in [0.25, 0.3) is 0 Å². The lowest BCUT2D eigenvalue weighted by Crippen LogP contribution is -2.52. The van der Waals surface area contributed by atoms with Crippen LogP contribution in [0, 0.1) is 12.3 Å². The first kappa shape index (κ1) is 16.6. The quantitative estimate of drug-likeness (QED) is 0.757. The summed E-state index contributed by atoms with van der Waals surface area (Å²) in [5.74, 6) is 2.56. The van der Waals surface area contributed by atoms with Gasteiger partial charge in [-0.1, -0.05) is 5.92 Å². The molecule has 0 spiro atoms. The van der Waals surface area contributed by atoms with E-state index in [4.69, 9.17) is 15.9 Å². The lowest BCUT2D eigenvalue weighted by atomic mass is 10.2. The van der Waals surface area contributed by atoms with Crippen molar-refractivity contribution < 1.29 is 14.3 Å². The number of rotatable bonds is 5. The van der Waals surface area contributed by atoms with Gasteiger partial charge in [-0.3, -0.25) is 4.90 Å². The van der Waals surface area contributed by atoms with E-state index in [1.807, 2.05) is 0 Å². The first-order valence-corrected chi connectivity index (χ1v) is 8.69. The topological polar surface area (TPSA) is 54.0 Å². The van der Waals surface area contributed by atoms with Gasteiger partial charge in [0.2, 0.25) is 0 Å². The summed E-state index contributed by atoms with van der Waals surface area (Å²) < 4.78 is 11.5. The van der Waals surface area contributed by atoms with Crippen LogP contribution in [-0.4, -0.2) is 80.0 Å². The van der Waals surface area contributed by atoms with Gasteiger partial charge in [0, 0.05) is 32.3 Å². The molecule has 3 aliphatic heterocycles. The standard InChI is InChI=1S/C17H27N3O3/c1-2-7-20(11-15-6-4-9-22-15)17(21)18-10-16-12-19-8-3-5-14(19)13-23-16/h1,14-16H,3-13H2,(H,18,21)/t14-,15-,16+/m0/s1. The number of nitrogens with zero attached hydrogens (tertiary/aromatic N) is 2. The number of hydrogen-bond donors (Lipinski definition) is 1. The minimum Gasteiger partial charge on any atom is -0.376 e. The fourth-order valence-electron chi connectivity index (χ4n) is 3.69. The molecule has 2 amide bonds. The van der Waals surface area contributed by atoms with Crippen molar-refractivity contribution in [2.24, 2.45) is 0 Å². The van der Waals surface area contributed by atoms with Crippen molar-refractivity contribution in [2.75, 3.05) is 45.9 Å². The first-order chi connectivity index (χ1) is 11.3. The maximum atomic E-state index is 12.4. The smallest absolute Gasteiger partial charge is 0.318 e. The van der Waals surface area contributed by atoms with E-state index in [-0.39, 0.29) is 18.2 Å². The van der Waals surface area contributed by atoms with Crippen molar-refractivity contribution in [3.05, 3.63) is 0 Å². The number of fused-ring (bicyclic) bond motifs is 1. The van der Waals surface area contributed by atoms with Crippen LogP contribution in [0.4, 0.5) is 4.79 Å². The fraction of sp³-hybridized carbons (Fsp3) is 0.824. The van der Waals surface area contributed by atoms with Gasteiger partial charge in [0.1, 0.15) is 0 Å². The van der Waals surface area contributed by atoms with Crippen molar-refractivity contribution in [3.8, 4) is 12.3 Å². The van der Waals surface area contributed by atoms with E-state index in [2.05, 4.69) is 16.1 Å². The Morgan fingerprint density at radius 3 is 3.00 bits per heavy atom. The van der Waals surface area contributed by atoms with E-state index in [0.29, 0.717) is 25.7 Å². The van der Waals surface area contributed by atoms with E-state index in [1.54, 1.807) is 4.90 Å². The van der Waals surface area contributed by atoms with Crippen LogP contribution in [-0.2, 0) is 9.47 Å². The van der Waals surface area contributed by atoms with Crippen molar-refractivity contribution in [2.45, 2.75) is 43.9 Å². The van der Waals surface area contributed by atoms with Crippen molar-refractivity contribution >= 4 is 6.03 Å².